The maximum Gasteiger partial charge on any atom is 0.103 e. The van der Waals surface area contributed by atoms with Crippen LogP contribution in [0.5, 0.6) is 0 Å². The standard InChI is InChI=1S/C13H23N3/c1-4-16(5-2)11-10-15-13-8-6-12(14-3)7-9-13/h6-9,15H,3-5,10-11,14H2,1-2H3. The molecular formula is C13H23N3. The zero-order chi connectivity index (χ0) is 11.8. The predicted molar refractivity (Wildman–Crippen MR) is 69.7 cm³/mol. The molecule has 1 aromatic carbocycles. The number of nitrogens with two attached hydrogens (primary N) is 1. The van der Waals surface area contributed by atoms with Crippen molar-refractivity contribution in [3.8, 4) is 0 Å². The molecule has 0 unspecified atom stereocenters. The van der Waals surface area contributed by atoms with Crippen LogP contribution in [-0.4, -0.2) is 31.1 Å². The second kappa shape index (κ2) is 7.25. The van der Waals surface area contributed by atoms with Crippen LogP contribution in [0.15, 0.2) is 24.3 Å². The Morgan fingerprint density at radius 2 is 1.81 bits per heavy atom. The van der Waals surface area contributed by atoms with Gasteiger partial charge in [0.1, 0.15) is 5.69 Å². The van der Waals surface area contributed by atoms with E-state index < -0.39 is 0 Å². The Morgan fingerprint density at radius 3 is 2.31 bits per heavy atom. The molecule has 0 fully saturated rings. The maximum absolute atomic E-state index is 3.74. The molecule has 0 bridgehead atoms. The number of nitrogens with one attached hydrogen (secondary N) is 1. The van der Waals surface area contributed by atoms with Crippen LogP contribution in [0.25, 0.3) is 0 Å². The number of rotatable bonds is 7. The van der Waals surface area contributed by atoms with E-state index in [1.54, 1.807) is 0 Å². The summed E-state index contributed by atoms with van der Waals surface area (Å²) in [6.07, 6.45) is 0. The zero-order valence-electron chi connectivity index (χ0n) is 10.4. The van der Waals surface area contributed by atoms with Gasteiger partial charge in [-0.15, -0.1) is 7.05 Å². The summed E-state index contributed by atoms with van der Waals surface area (Å²) < 4.78 is 0. The second-order valence-electron chi connectivity index (χ2n) is 3.78. The third-order valence-corrected chi connectivity index (χ3v) is 2.80. The molecule has 0 radical (unpaired) electrons. The lowest BCUT2D eigenvalue weighted by Crippen LogP contribution is -2.69. The molecule has 0 spiro atoms. The van der Waals surface area contributed by atoms with E-state index in [1.165, 1.54) is 5.69 Å². The van der Waals surface area contributed by atoms with E-state index in [0.29, 0.717) is 0 Å². The minimum atomic E-state index is 0.995. The van der Waals surface area contributed by atoms with Crippen molar-refractivity contribution in [1.29, 1.82) is 0 Å². The Morgan fingerprint density at radius 1 is 1.19 bits per heavy atom. The fourth-order valence-electron chi connectivity index (χ4n) is 1.64. The van der Waals surface area contributed by atoms with Gasteiger partial charge in [-0.25, -0.2) is 0 Å². The van der Waals surface area contributed by atoms with Gasteiger partial charge in [-0.3, -0.25) is 0 Å². The van der Waals surface area contributed by atoms with Gasteiger partial charge in [0.05, 0.1) is 0 Å². The van der Waals surface area contributed by atoms with Crippen LogP contribution in [0.2, 0.25) is 0 Å². The average Bonchev–Trinajstić information content (AvgIpc) is 2.35. The molecule has 90 valence electrons. The summed E-state index contributed by atoms with van der Waals surface area (Å²) in [6, 6.07) is 8.35. The fraction of sp³-hybridized carbons (Fsp3) is 0.462. The van der Waals surface area contributed by atoms with E-state index in [9.17, 15) is 0 Å². The van der Waals surface area contributed by atoms with E-state index in [1.807, 2.05) is 5.32 Å². The predicted octanol–water partition coefficient (Wildman–Crippen LogP) is 1.43. The Balaban J connectivity index is 2.31. The van der Waals surface area contributed by atoms with Crippen LogP contribution < -0.4 is 10.6 Å². The SMILES string of the molecule is [CH2-][NH2+]c1ccc(NCCN(CC)CC)cc1. The highest BCUT2D eigenvalue weighted by atomic mass is 15.1. The van der Waals surface area contributed by atoms with E-state index in [0.717, 1.165) is 31.9 Å². The van der Waals surface area contributed by atoms with E-state index in [2.05, 4.69) is 55.4 Å². The Kier molecular flexibility index (Phi) is 5.90. The van der Waals surface area contributed by atoms with Crippen molar-refractivity contribution in [2.45, 2.75) is 13.8 Å². The van der Waals surface area contributed by atoms with Crippen molar-refractivity contribution >= 4 is 11.4 Å². The van der Waals surface area contributed by atoms with Crippen LogP contribution in [-0.2, 0) is 0 Å². The summed E-state index contributed by atoms with van der Waals surface area (Å²) in [7, 11) is 3.74. The van der Waals surface area contributed by atoms with Crippen LogP contribution in [0.3, 0.4) is 0 Å². The minimum Gasteiger partial charge on any atom is -0.446 e. The first-order valence-corrected chi connectivity index (χ1v) is 5.98. The number of benzene rings is 1. The first-order chi connectivity index (χ1) is 7.80. The Bertz CT molecular complexity index is 278. The topological polar surface area (TPSA) is 31.9 Å². The normalized spacial score (nSPS) is 10.8. The molecule has 0 atom stereocenters. The van der Waals surface area contributed by atoms with Crippen molar-refractivity contribution in [3.05, 3.63) is 31.3 Å². The molecule has 0 amide bonds. The largest absolute Gasteiger partial charge is 0.446 e. The van der Waals surface area contributed by atoms with E-state index >= 15 is 0 Å². The van der Waals surface area contributed by atoms with Crippen molar-refractivity contribution in [2.75, 3.05) is 31.5 Å². The van der Waals surface area contributed by atoms with Gasteiger partial charge in [-0.05, 0) is 37.4 Å². The smallest absolute Gasteiger partial charge is 0.103 e. The molecule has 3 heteroatoms. The van der Waals surface area contributed by atoms with Gasteiger partial charge in [0.25, 0.3) is 0 Å². The molecule has 3 N–H and O–H groups in total. The lowest BCUT2D eigenvalue weighted by Gasteiger charge is -2.18. The van der Waals surface area contributed by atoms with Crippen molar-refractivity contribution in [2.24, 2.45) is 0 Å². The summed E-state index contributed by atoms with van der Waals surface area (Å²) in [4.78, 5) is 2.41. The molecule has 0 saturated heterocycles. The number of hydrogen-bond donors (Lipinski definition) is 2. The summed E-state index contributed by atoms with van der Waals surface area (Å²) in [5.74, 6) is 0. The third kappa shape index (κ3) is 4.21. The number of anilines is 1. The second-order valence-corrected chi connectivity index (χ2v) is 3.78. The molecule has 0 aliphatic heterocycles. The summed E-state index contributed by atoms with van der Waals surface area (Å²) in [5.41, 5.74) is 2.34. The average molecular weight is 221 g/mol. The van der Waals surface area contributed by atoms with Crippen LogP contribution in [0.1, 0.15) is 13.8 Å². The number of nitrogens with zero attached hydrogens (tertiary/aromatic N) is 1. The molecule has 16 heavy (non-hydrogen) atoms. The zero-order valence-corrected chi connectivity index (χ0v) is 10.4. The Hall–Kier alpha value is -1.06. The van der Waals surface area contributed by atoms with Crippen molar-refractivity contribution < 1.29 is 5.32 Å². The summed E-state index contributed by atoms with van der Waals surface area (Å²) >= 11 is 0. The third-order valence-electron chi connectivity index (χ3n) is 2.80. The van der Waals surface area contributed by atoms with E-state index in [-0.39, 0.29) is 0 Å². The molecule has 0 saturated carbocycles. The van der Waals surface area contributed by atoms with Gasteiger partial charge >= 0.3 is 0 Å². The van der Waals surface area contributed by atoms with Gasteiger partial charge in [-0.2, -0.15) is 0 Å². The molecular weight excluding hydrogens is 198 g/mol. The van der Waals surface area contributed by atoms with Gasteiger partial charge < -0.3 is 15.5 Å². The molecule has 1 aromatic rings. The van der Waals surface area contributed by atoms with Crippen LogP contribution in [0.4, 0.5) is 11.4 Å². The number of likely N-dealkylation sites (N-methyl/N-ethyl adjacent to an activating group) is 1. The first-order valence-electron chi connectivity index (χ1n) is 5.98. The highest BCUT2D eigenvalue weighted by Crippen LogP contribution is 2.09. The molecule has 0 aliphatic rings. The van der Waals surface area contributed by atoms with Crippen LogP contribution in [0, 0.1) is 7.05 Å². The first kappa shape index (κ1) is 13.0. The lowest BCUT2D eigenvalue weighted by molar-refractivity contribution is -0.504. The molecule has 3 nitrogen and oxygen atoms in total. The maximum atomic E-state index is 3.74. The monoisotopic (exact) mass is 221 g/mol. The molecule has 0 heterocycles. The number of quaternary nitrogens is 1. The van der Waals surface area contributed by atoms with Gasteiger partial charge in [0.2, 0.25) is 0 Å². The minimum absolute atomic E-state index is 0.995. The van der Waals surface area contributed by atoms with Gasteiger partial charge in [0, 0.05) is 18.8 Å². The Labute approximate surface area is 98.8 Å². The summed E-state index contributed by atoms with van der Waals surface area (Å²) in [5, 5.41) is 5.28. The highest BCUT2D eigenvalue weighted by Gasteiger charge is 1.98. The molecule has 0 aliphatic carbocycles. The highest BCUT2D eigenvalue weighted by molar-refractivity contribution is 5.48. The quantitative estimate of drug-likeness (QED) is 0.539. The lowest BCUT2D eigenvalue weighted by atomic mass is 10.3. The van der Waals surface area contributed by atoms with E-state index in [4.69, 9.17) is 0 Å². The van der Waals surface area contributed by atoms with Crippen molar-refractivity contribution in [3.63, 3.8) is 0 Å². The van der Waals surface area contributed by atoms with Gasteiger partial charge in [-0.1, -0.05) is 13.8 Å². The van der Waals surface area contributed by atoms with Crippen molar-refractivity contribution in [1.82, 2.24) is 4.90 Å². The van der Waals surface area contributed by atoms with Gasteiger partial charge in [0.15, 0.2) is 0 Å². The van der Waals surface area contributed by atoms with Crippen LogP contribution >= 0.6 is 0 Å². The molecule has 0 aromatic heterocycles. The number of hydrogen-bond acceptors (Lipinski definition) is 2. The summed E-state index contributed by atoms with van der Waals surface area (Å²) in [6.45, 7) is 8.72. The molecule has 1 rings (SSSR count). The fourth-order valence-corrected chi connectivity index (χ4v) is 1.64.